The van der Waals surface area contributed by atoms with Crippen LogP contribution in [-0.4, -0.2) is 56.5 Å². The summed E-state index contributed by atoms with van der Waals surface area (Å²) >= 11 is 5.49. The molecular formula is C17H23ClNO5S+. The molecule has 2 aromatic carbocycles. The Morgan fingerprint density at radius 1 is 0.920 bits per heavy atom. The molecule has 0 aliphatic carbocycles. The lowest BCUT2D eigenvalue weighted by Crippen LogP contribution is -2.49. The van der Waals surface area contributed by atoms with E-state index >= 15 is 0 Å². The van der Waals surface area contributed by atoms with Crippen molar-refractivity contribution in [2.75, 3.05) is 33.4 Å². The molecule has 138 valence electrons. The van der Waals surface area contributed by atoms with Gasteiger partial charge in [0.1, 0.15) is 18.8 Å². The van der Waals surface area contributed by atoms with Gasteiger partial charge in [0, 0.05) is 5.02 Å². The van der Waals surface area contributed by atoms with Gasteiger partial charge in [0.05, 0.1) is 25.2 Å². The lowest BCUT2D eigenvalue weighted by atomic mass is 10.2. The first-order chi connectivity index (χ1) is 11.7. The lowest BCUT2D eigenvalue weighted by Gasteiger charge is -2.32. The van der Waals surface area contributed by atoms with Crippen molar-refractivity contribution in [2.45, 2.75) is 4.90 Å². The van der Waals surface area contributed by atoms with Crippen molar-refractivity contribution in [3.63, 3.8) is 0 Å². The van der Waals surface area contributed by atoms with Crippen LogP contribution in [0.25, 0.3) is 0 Å². The zero-order valence-electron chi connectivity index (χ0n) is 13.9. The number of nitrogens with zero attached hydrogens (tertiary/aromatic N) is 1. The second kappa shape index (κ2) is 9.86. The molecule has 0 aliphatic rings. The topological polar surface area (TPSA) is 94.8 Å². The molecule has 0 radical (unpaired) electrons. The maximum absolute atomic E-state index is 10.5. The molecule has 0 fully saturated rings. The Balaban J connectivity index is 0.000000257. The van der Waals surface area contributed by atoms with Gasteiger partial charge >= 0.3 is 0 Å². The highest BCUT2D eigenvalue weighted by Crippen LogP contribution is 2.19. The van der Waals surface area contributed by atoms with E-state index < -0.39 is 10.1 Å². The highest BCUT2D eigenvalue weighted by Gasteiger charge is 2.22. The van der Waals surface area contributed by atoms with Gasteiger partial charge in [0.25, 0.3) is 10.1 Å². The van der Waals surface area contributed by atoms with Crippen LogP contribution in [-0.2, 0) is 10.1 Å². The zero-order chi connectivity index (χ0) is 18.9. The Bertz CT molecular complexity index is 729. The predicted octanol–water partition coefficient (Wildman–Crippen LogP) is 2.20. The van der Waals surface area contributed by atoms with Gasteiger partial charge in [0.15, 0.2) is 0 Å². The summed E-state index contributed by atoms with van der Waals surface area (Å²) in [4.78, 5) is -0.151. The molecule has 2 aromatic rings. The third kappa shape index (κ3) is 7.11. The van der Waals surface area contributed by atoms with Gasteiger partial charge in [-0.05, 0) is 36.4 Å². The summed E-state index contributed by atoms with van der Waals surface area (Å²) in [5.74, 6) is 0. The average Bonchev–Trinajstić information content (AvgIpc) is 2.56. The Kier molecular flexibility index (Phi) is 8.51. The number of hydrogen-bond donors (Lipinski definition) is 3. The smallest absolute Gasteiger partial charge is 0.294 e. The van der Waals surface area contributed by atoms with Crippen LogP contribution in [0, 0.1) is 0 Å². The molecule has 0 unspecified atom stereocenters. The summed E-state index contributed by atoms with van der Waals surface area (Å²) in [6.07, 6.45) is 0. The highest BCUT2D eigenvalue weighted by atomic mass is 35.5. The minimum Gasteiger partial charge on any atom is -0.390 e. The van der Waals surface area contributed by atoms with E-state index in [1.165, 1.54) is 24.3 Å². The number of para-hydroxylation sites is 1. The van der Waals surface area contributed by atoms with Crippen LogP contribution >= 0.6 is 11.6 Å². The van der Waals surface area contributed by atoms with Crippen molar-refractivity contribution in [1.29, 1.82) is 0 Å². The number of aliphatic hydroxyl groups is 2. The van der Waals surface area contributed by atoms with E-state index in [2.05, 4.69) is 0 Å². The molecule has 0 aromatic heterocycles. The number of halogens is 1. The zero-order valence-corrected chi connectivity index (χ0v) is 15.5. The van der Waals surface area contributed by atoms with Crippen molar-refractivity contribution in [3.05, 3.63) is 59.6 Å². The van der Waals surface area contributed by atoms with E-state index in [1.807, 2.05) is 37.4 Å². The van der Waals surface area contributed by atoms with Crippen molar-refractivity contribution in [2.24, 2.45) is 0 Å². The Hall–Kier alpha value is -1.48. The number of benzene rings is 2. The van der Waals surface area contributed by atoms with Gasteiger partial charge < -0.3 is 10.2 Å². The van der Waals surface area contributed by atoms with Crippen LogP contribution < -0.4 is 4.48 Å². The predicted molar refractivity (Wildman–Crippen MR) is 99.3 cm³/mol. The van der Waals surface area contributed by atoms with Crippen LogP contribution in [0.2, 0.25) is 5.02 Å². The normalized spacial score (nSPS) is 11.6. The molecular weight excluding hydrogens is 366 g/mol. The number of hydrogen-bond acceptors (Lipinski definition) is 4. The van der Waals surface area contributed by atoms with Gasteiger partial charge in [-0.25, -0.2) is 0 Å². The maximum Gasteiger partial charge on any atom is 0.294 e. The molecule has 0 atom stereocenters. The van der Waals surface area contributed by atoms with Gasteiger partial charge in [-0.2, -0.15) is 8.42 Å². The SMILES string of the molecule is C[N+](CCO)(CCO)c1ccccc1.O=S(=O)(O)c1ccc(Cl)cc1. The van der Waals surface area contributed by atoms with Gasteiger partial charge in [0.2, 0.25) is 0 Å². The molecule has 2 rings (SSSR count). The average molecular weight is 389 g/mol. The first-order valence-electron chi connectivity index (χ1n) is 7.58. The fourth-order valence-electron chi connectivity index (χ4n) is 2.21. The first kappa shape index (κ1) is 21.6. The van der Waals surface area contributed by atoms with Gasteiger partial charge in [-0.3, -0.25) is 9.04 Å². The fourth-order valence-corrected chi connectivity index (χ4v) is 2.81. The van der Waals surface area contributed by atoms with Crippen LogP contribution in [0.3, 0.4) is 0 Å². The van der Waals surface area contributed by atoms with E-state index in [4.69, 9.17) is 26.4 Å². The van der Waals surface area contributed by atoms with Crippen molar-refractivity contribution in [3.8, 4) is 0 Å². The molecule has 3 N–H and O–H groups in total. The molecule has 0 saturated carbocycles. The van der Waals surface area contributed by atoms with Crippen molar-refractivity contribution < 1.29 is 23.2 Å². The number of likely N-dealkylation sites (N-methyl/N-ethyl adjacent to an activating group) is 1. The summed E-state index contributed by atoms with van der Waals surface area (Å²) in [6, 6.07) is 15.2. The monoisotopic (exact) mass is 388 g/mol. The minimum atomic E-state index is -4.08. The number of aliphatic hydroxyl groups excluding tert-OH is 2. The molecule has 0 amide bonds. The maximum atomic E-state index is 10.5. The molecule has 0 spiro atoms. The van der Waals surface area contributed by atoms with Crippen LogP contribution in [0.15, 0.2) is 59.5 Å². The molecule has 8 heteroatoms. The molecule has 0 aliphatic heterocycles. The number of rotatable bonds is 6. The Morgan fingerprint density at radius 3 is 1.80 bits per heavy atom. The summed E-state index contributed by atoms with van der Waals surface area (Å²) in [5, 5.41) is 18.4. The standard InChI is InChI=1S/C11H18NO2.C6H5ClO3S/c1-12(7-9-13,8-10-14)11-5-3-2-4-6-11;7-5-1-3-6(4-2-5)11(8,9)10/h2-6,13-14H,7-10H2,1H3;1-4H,(H,8,9,10)/q+1;. The molecule has 25 heavy (non-hydrogen) atoms. The van der Waals surface area contributed by atoms with E-state index in [1.54, 1.807) is 0 Å². The number of quaternary nitrogens is 1. The summed E-state index contributed by atoms with van der Waals surface area (Å²) in [5.41, 5.74) is 1.12. The van der Waals surface area contributed by atoms with E-state index in [0.29, 0.717) is 22.6 Å². The highest BCUT2D eigenvalue weighted by molar-refractivity contribution is 7.85. The third-order valence-corrected chi connectivity index (χ3v) is 4.80. The summed E-state index contributed by atoms with van der Waals surface area (Å²) in [6.45, 7) is 1.52. The first-order valence-corrected chi connectivity index (χ1v) is 9.39. The third-order valence-electron chi connectivity index (χ3n) is 3.68. The van der Waals surface area contributed by atoms with Crippen LogP contribution in [0.4, 0.5) is 5.69 Å². The second-order valence-electron chi connectivity index (χ2n) is 5.55. The minimum absolute atomic E-state index is 0.130. The largest absolute Gasteiger partial charge is 0.390 e. The molecule has 0 saturated heterocycles. The quantitative estimate of drug-likeness (QED) is 0.521. The van der Waals surface area contributed by atoms with Gasteiger partial charge in [-0.15, -0.1) is 0 Å². The summed E-state index contributed by atoms with van der Waals surface area (Å²) in [7, 11) is -2.06. The van der Waals surface area contributed by atoms with E-state index in [9.17, 15) is 8.42 Å². The van der Waals surface area contributed by atoms with Gasteiger partial charge in [-0.1, -0.05) is 29.8 Å². The van der Waals surface area contributed by atoms with E-state index in [-0.39, 0.29) is 18.1 Å². The lowest BCUT2D eigenvalue weighted by molar-refractivity contribution is 0.185. The van der Waals surface area contributed by atoms with Crippen LogP contribution in [0.5, 0.6) is 0 Å². The second-order valence-corrected chi connectivity index (χ2v) is 7.41. The van der Waals surface area contributed by atoms with Crippen molar-refractivity contribution in [1.82, 2.24) is 4.48 Å². The summed E-state index contributed by atoms with van der Waals surface area (Å²) < 4.78 is 30.0. The van der Waals surface area contributed by atoms with Crippen LogP contribution in [0.1, 0.15) is 0 Å². The molecule has 0 bridgehead atoms. The fraction of sp³-hybridized carbons (Fsp3) is 0.294. The van der Waals surface area contributed by atoms with E-state index in [0.717, 1.165) is 5.69 Å². The van der Waals surface area contributed by atoms with Crippen molar-refractivity contribution >= 4 is 27.4 Å². The molecule has 0 heterocycles. The molecule has 6 nitrogen and oxygen atoms in total. The Labute approximate surface area is 153 Å². The Morgan fingerprint density at radius 2 is 1.40 bits per heavy atom.